The minimum Gasteiger partial charge on any atom is -0.454 e. The first kappa shape index (κ1) is 18.8. The molecule has 2 aromatic rings. The molecule has 1 aliphatic heterocycles. The van der Waals surface area contributed by atoms with Crippen LogP contribution in [0.1, 0.15) is 10.4 Å². The van der Waals surface area contributed by atoms with E-state index in [-0.39, 0.29) is 17.3 Å². The summed E-state index contributed by atoms with van der Waals surface area (Å²) >= 11 is 0. The molecule has 0 radical (unpaired) electrons. The standard InChI is InChI=1S/C15H11F3N2O6S/c16-15(17,18)26-10-2-4-11(5-3-10)27(22,23)20-19-14(21)9-1-6-12-13(7-9)25-8-24-12/h1-7,20H,8H2,(H,19,21). The predicted molar refractivity (Wildman–Crippen MR) is 83.5 cm³/mol. The average molecular weight is 404 g/mol. The van der Waals surface area contributed by atoms with Crippen LogP contribution in [-0.2, 0) is 10.0 Å². The van der Waals surface area contributed by atoms with Gasteiger partial charge in [0, 0.05) is 5.56 Å². The quantitative estimate of drug-likeness (QED) is 0.739. The Bertz CT molecular complexity index is 961. The highest BCUT2D eigenvalue weighted by Crippen LogP contribution is 2.32. The largest absolute Gasteiger partial charge is 0.573 e. The molecular weight excluding hydrogens is 393 g/mol. The number of halogens is 3. The van der Waals surface area contributed by atoms with Crippen molar-refractivity contribution < 1.29 is 40.6 Å². The monoisotopic (exact) mass is 404 g/mol. The van der Waals surface area contributed by atoms with E-state index in [9.17, 15) is 26.4 Å². The zero-order valence-electron chi connectivity index (χ0n) is 13.2. The molecule has 0 saturated carbocycles. The zero-order chi connectivity index (χ0) is 19.7. The number of rotatable bonds is 5. The van der Waals surface area contributed by atoms with Gasteiger partial charge in [0.05, 0.1) is 4.90 Å². The fourth-order valence-electron chi connectivity index (χ4n) is 2.10. The number of fused-ring (bicyclic) bond motifs is 1. The van der Waals surface area contributed by atoms with Gasteiger partial charge >= 0.3 is 6.36 Å². The van der Waals surface area contributed by atoms with Crippen LogP contribution in [0.4, 0.5) is 13.2 Å². The Morgan fingerprint density at radius 2 is 1.70 bits per heavy atom. The van der Waals surface area contributed by atoms with Crippen LogP contribution in [0.25, 0.3) is 0 Å². The van der Waals surface area contributed by atoms with Gasteiger partial charge in [0.25, 0.3) is 15.9 Å². The van der Waals surface area contributed by atoms with Crippen LogP contribution in [0, 0.1) is 0 Å². The number of amides is 1. The highest BCUT2D eigenvalue weighted by Gasteiger charge is 2.31. The molecule has 12 heteroatoms. The highest BCUT2D eigenvalue weighted by atomic mass is 32.2. The number of alkyl halides is 3. The van der Waals surface area contributed by atoms with Crippen molar-refractivity contribution in [3.63, 3.8) is 0 Å². The van der Waals surface area contributed by atoms with Gasteiger partial charge in [0.15, 0.2) is 11.5 Å². The van der Waals surface area contributed by atoms with E-state index in [1.54, 1.807) is 0 Å². The lowest BCUT2D eigenvalue weighted by molar-refractivity contribution is -0.274. The summed E-state index contributed by atoms with van der Waals surface area (Å²) in [6, 6.07) is 7.73. The number of hydrogen-bond donors (Lipinski definition) is 2. The summed E-state index contributed by atoms with van der Waals surface area (Å²) in [5.41, 5.74) is 2.10. The molecule has 0 bridgehead atoms. The van der Waals surface area contributed by atoms with Crippen molar-refractivity contribution in [1.29, 1.82) is 0 Å². The molecule has 1 heterocycles. The zero-order valence-corrected chi connectivity index (χ0v) is 14.1. The first-order valence-electron chi connectivity index (χ1n) is 7.22. The van der Waals surface area contributed by atoms with E-state index in [2.05, 4.69) is 4.74 Å². The average Bonchev–Trinajstić information content (AvgIpc) is 3.06. The second-order valence-corrected chi connectivity index (χ2v) is 6.83. The number of ether oxygens (including phenoxy) is 3. The van der Waals surface area contributed by atoms with E-state index in [0.29, 0.717) is 11.5 Å². The molecule has 0 aromatic heterocycles. The van der Waals surface area contributed by atoms with Gasteiger partial charge in [-0.05, 0) is 42.5 Å². The van der Waals surface area contributed by atoms with E-state index in [1.807, 2.05) is 10.3 Å². The molecule has 0 unspecified atom stereocenters. The molecule has 2 aromatic carbocycles. The summed E-state index contributed by atoms with van der Waals surface area (Å²) < 4.78 is 74.4. The van der Waals surface area contributed by atoms with Crippen molar-refractivity contribution >= 4 is 15.9 Å². The smallest absolute Gasteiger partial charge is 0.454 e. The third-order valence-corrected chi connectivity index (χ3v) is 4.56. The number of hydrazine groups is 1. The van der Waals surface area contributed by atoms with Gasteiger partial charge in [-0.25, -0.2) is 8.42 Å². The van der Waals surface area contributed by atoms with Crippen LogP contribution >= 0.6 is 0 Å². The number of nitrogens with one attached hydrogen (secondary N) is 2. The molecule has 0 fully saturated rings. The molecule has 1 aliphatic rings. The molecule has 2 N–H and O–H groups in total. The van der Waals surface area contributed by atoms with Crippen LogP contribution in [0.5, 0.6) is 17.2 Å². The summed E-state index contributed by atoms with van der Waals surface area (Å²) in [5, 5.41) is 0. The van der Waals surface area contributed by atoms with E-state index in [0.717, 1.165) is 24.3 Å². The van der Waals surface area contributed by atoms with Crippen LogP contribution in [0.2, 0.25) is 0 Å². The molecule has 0 spiro atoms. The lowest BCUT2D eigenvalue weighted by Gasteiger charge is -2.11. The predicted octanol–water partition coefficient (Wildman–Crippen LogP) is 1.94. The highest BCUT2D eigenvalue weighted by molar-refractivity contribution is 7.89. The van der Waals surface area contributed by atoms with Crippen LogP contribution < -0.4 is 24.5 Å². The molecular formula is C15H11F3N2O6S. The van der Waals surface area contributed by atoms with Gasteiger partial charge in [-0.1, -0.05) is 0 Å². The molecule has 8 nitrogen and oxygen atoms in total. The molecule has 1 amide bonds. The molecule has 0 saturated heterocycles. The normalized spacial score (nSPS) is 13.3. The summed E-state index contributed by atoms with van der Waals surface area (Å²) in [5.74, 6) is -0.557. The number of benzene rings is 2. The van der Waals surface area contributed by atoms with Crippen LogP contribution in [0.3, 0.4) is 0 Å². The van der Waals surface area contributed by atoms with E-state index >= 15 is 0 Å². The first-order valence-corrected chi connectivity index (χ1v) is 8.70. The van der Waals surface area contributed by atoms with Gasteiger partial charge in [0.1, 0.15) is 5.75 Å². The maximum Gasteiger partial charge on any atom is 0.573 e. The van der Waals surface area contributed by atoms with Crippen molar-refractivity contribution in [3.8, 4) is 17.2 Å². The fraction of sp³-hybridized carbons (Fsp3) is 0.133. The Labute approximate surface area is 150 Å². The SMILES string of the molecule is O=C(NNS(=O)(=O)c1ccc(OC(F)(F)F)cc1)c1ccc2c(c1)OCO2. The van der Waals surface area contributed by atoms with E-state index in [1.165, 1.54) is 18.2 Å². The molecule has 144 valence electrons. The van der Waals surface area contributed by atoms with E-state index in [4.69, 9.17) is 9.47 Å². The van der Waals surface area contributed by atoms with Gasteiger partial charge in [-0.15, -0.1) is 18.0 Å². The third kappa shape index (κ3) is 4.60. The maximum atomic E-state index is 12.1. The Morgan fingerprint density at radius 3 is 2.37 bits per heavy atom. The van der Waals surface area contributed by atoms with Gasteiger partial charge in [-0.2, -0.15) is 0 Å². The van der Waals surface area contributed by atoms with E-state index < -0.39 is 28.0 Å². The number of sulfonamides is 1. The Balaban J connectivity index is 1.65. The number of carbonyl (C=O) groups excluding carboxylic acids is 1. The number of carbonyl (C=O) groups is 1. The van der Waals surface area contributed by atoms with Crippen LogP contribution in [0.15, 0.2) is 47.4 Å². The van der Waals surface area contributed by atoms with Gasteiger partial charge in [-0.3, -0.25) is 10.2 Å². The summed E-state index contributed by atoms with van der Waals surface area (Å²) in [6.45, 7) is 0.0150. The fourth-order valence-corrected chi connectivity index (χ4v) is 2.94. The number of hydrogen-bond acceptors (Lipinski definition) is 6. The Kier molecular flexibility index (Phi) is 4.85. The minimum absolute atomic E-state index is 0.0150. The second-order valence-electron chi connectivity index (χ2n) is 5.15. The van der Waals surface area contributed by atoms with Crippen molar-refractivity contribution in [3.05, 3.63) is 48.0 Å². The molecule has 0 atom stereocenters. The maximum absolute atomic E-state index is 12.1. The minimum atomic E-state index is -4.89. The van der Waals surface area contributed by atoms with Gasteiger partial charge < -0.3 is 14.2 Å². The topological polar surface area (TPSA) is 103 Å². The van der Waals surface area contributed by atoms with Crippen LogP contribution in [-0.4, -0.2) is 27.5 Å². The third-order valence-electron chi connectivity index (χ3n) is 3.30. The van der Waals surface area contributed by atoms with Crippen molar-refractivity contribution in [2.75, 3.05) is 6.79 Å². The summed E-state index contributed by atoms with van der Waals surface area (Å²) in [6.07, 6.45) is -4.89. The van der Waals surface area contributed by atoms with Crippen molar-refractivity contribution in [2.24, 2.45) is 0 Å². The van der Waals surface area contributed by atoms with Gasteiger partial charge in [0.2, 0.25) is 6.79 Å². The Morgan fingerprint density at radius 1 is 1.04 bits per heavy atom. The summed E-state index contributed by atoms with van der Waals surface area (Å²) in [7, 11) is -4.21. The second kappa shape index (κ2) is 6.96. The molecule has 3 rings (SSSR count). The van der Waals surface area contributed by atoms with Crippen molar-refractivity contribution in [2.45, 2.75) is 11.3 Å². The lowest BCUT2D eigenvalue weighted by Crippen LogP contribution is -2.41. The lowest BCUT2D eigenvalue weighted by atomic mass is 10.2. The Hall–Kier alpha value is -2.99. The first-order chi connectivity index (χ1) is 12.6. The molecule has 0 aliphatic carbocycles. The van der Waals surface area contributed by atoms with Crippen molar-refractivity contribution in [1.82, 2.24) is 10.3 Å². The summed E-state index contributed by atoms with van der Waals surface area (Å²) in [4.78, 5) is 13.5. The molecule has 27 heavy (non-hydrogen) atoms.